The lowest BCUT2D eigenvalue weighted by molar-refractivity contribution is -0.384. The zero-order valence-electron chi connectivity index (χ0n) is 10.2. The molecule has 1 fully saturated rings. The van der Waals surface area contributed by atoms with Crippen LogP contribution in [-0.4, -0.2) is 38.1 Å². The van der Waals surface area contributed by atoms with Crippen LogP contribution in [0.5, 0.6) is 0 Å². The van der Waals surface area contributed by atoms with Gasteiger partial charge in [0.05, 0.1) is 23.0 Å². The molecule has 1 saturated heterocycles. The molecule has 1 aliphatic heterocycles. The van der Waals surface area contributed by atoms with E-state index in [1.165, 1.54) is 19.1 Å². The molecule has 1 heterocycles. The van der Waals surface area contributed by atoms with E-state index in [1.54, 1.807) is 0 Å². The van der Waals surface area contributed by atoms with Crippen molar-refractivity contribution in [2.24, 2.45) is 0 Å². The number of non-ortho nitro benzene ring substituents is 1. The van der Waals surface area contributed by atoms with E-state index in [-0.39, 0.29) is 10.6 Å². The van der Waals surface area contributed by atoms with Gasteiger partial charge in [0.2, 0.25) is 0 Å². The molecule has 2 rings (SSSR count). The molecule has 1 aromatic carbocycles. The summed E-state index contributed by atoms with van der Waals surface area (Å²) in [6, 6.07) is 4.77. The van der Waals surface area contributed by atoms with Gasteiger partial charge in [-0.3, -0.25) is 10.1 Å². The van der Waals surface area contributed by atoms with Gasteiger partial charge < -0.3 is 9.47 Å². The second kappa shape index (κ2) is 5.24. The monoisotopic (exact) mass is 287 g/mol. The fourth-order valence-corrected chi connectivity index (χ4v) is 3.16. The highest BCUT2D eigenvalue weighted by Crippen LogP contribution is 2.24. The van der Waals surface area contributed by atoms with Gasteiger partial charge in [-0.1, -0.05) is 0 Å². The third-order valence-electron chi connectivity index (χ3n) is 2.90. The van der Waals surface area contributed by atoms with Gasteiger partial charge in [0, 0.05) is 12.1 Å². The van der Waals surface area contributed by atoms with Crippen molar-refractivity contribution in [2.75, 3.05) is 13.2 Å². The normalized spacial score (nSPS) is 18.4. The van der Waals surface area contributed by atoms with Gasteiger partial charge in [-0.2, -0.15) is 0 Å². The van der Waals surface area contributed by atoms with E-state index in [0.29, 0.717) is 13.2 Å². The number of ether oxygens (including phenoxy) is 2. The van der Waals surface area contributed by atoms with Gasteiger partial charge in [-0.25, -0.2) is 8.42 Å². The first-order valence-electron chi connectivity index (χ1n) is 5.64. The number of benzene rings is 1. The van der Waals surface area contributed by atoms with Crippen molar-refractivity contribution in [1.29, 1.82) is 0 Å². The first kappa shape index (κ1) is 13.9. The zero-order chi connectivity index (χ0) is 14.0. The van der Waals surface area contributed by atoms with Gasteiger partial charge in [0.15, 0.2) is 16.1 Å². The Labute approximate surface area is 110 Å². The Bertz CT molecular complexity index is 561. The molecule has 0 saturated carbocycles. The average molecular weight is 287 g/mol. The minimum Gasteiger partial charge on any atom is -0.349 e. The minimum atomic E-state index is -3.64. The molecule has 8 heteroatoms. The Morgan fingerprint density at radius 1 is 1.26 bits per heavy atom. The fraction of sp³-hybridized carbons (Fsp3) is 0.455. The Balaban J connectivity index is 2.25. The summed E-state index contributed by atoms with van der Waals surface area (Å²) in [5.41, 5.74) is -0.153. The molecule has 1 unspecified atom stereocenters. The van der Waals surface area contributed by atoms with Crippen molar-refractivity contribution < 1.29 is 22.8 Å². The summed E-state index contributed by atoms with van der Waals surface area (Å²) in [6.45, 7) is 2.22. The summed E-state index contributed by atoms with van der Waals surface area (Å²) >= 11 is 0. The standard InChI is InChI=1S/C11H13NO6S/c1-8(11-17-6-7-18-11)19(15,16)10-4-2-9(3-5-10)12(13)14/h2-5,8,11H,6-7H2,1H3. The van der Waals surface area contributed by atoms with Crippen LogP contribution in [0.4, 0.5) is 5.69 Å². The molecule has 0 N–H and O–H groups in total. The lowest BCUT2D eigenvalue weighted by atomic mass is 10.3. The quantitative estimate of drug-likeness (QED) is 0.608. The Morgan fingerprint density at radius 3 is 2.26 bits per heavy atom. The third kappa shape index (κ3) is 2.75. The molecule has 0 bridgehead atoms. The highest BCUT2D eigenvalue weighted by atomic mass is 32.2. The van der Waals surface area contributed by atoms with Crippen LogP contribution in [0.15, 0.2) is 29.2 Å². The van der Waals surface area contributed by atoms with Crippen molar-refractivity contribution in [1.82, 2.24) is 0 Å². The Hall–Kier alpha value is -1.51. The molecule has 104 valence electrons. The Morgan fingerprint density at radius 2 is 1.79 bits per heavy atom. The zero-order valence-corrected chi connectivity index (χ0v) is 11.0. The second-order valence-electron chi connectivity index (χ2n) is 4.11. The van der Waals surface area contributed by atoms with E-state index in [2.05, 4.69) is 0 Å². The Kier molecular flexibility index (Phi) is 3.83. The van der Waals surface area contributed by atoms with Gasteiger partial charge in [-0.15, -0.1) is 0 Å². The van der Waals surface area contributed by atoms with Crippen LogP contribution in [-0.2, 0) is 19.3 Å². The van der Waals surface area contributed by atoms with E-state index >= 15 is 0 Å². The van der Waals surface area contributed by atoms with Gasteiger partial charge in [-0.05, 0) is 19.1 Å². The van der Waals surface area contributed by atoms with Gasteiger partial charge in [0.1, 0.15) is 5.25 Å². The topological polar surface area (TPSA) is 95.7 Å². The molecule has 0 amide bonds. The molecule has 19 heavy (non-hydrogen) atoms. The number of sulfone groups is 1. The van der Waals surface area contributed by atoms with Crippen molar-refractivity contribution in [3.8, 4) is 0 Å². The number of hydrogen-bond donors (Lipinski definition) is 0. The summed E-state index contributed by atoms with van der Waals surface area (Å²) in [5, 5.41) is 9.66. The molecular weight excluding hydrogens is 274 g/mol. The number of nitro benzene ring substituents is 1. The third-order valence-corrected chi connectivity index (χ3v) is 5.03. The highest BCUT2D eigenvalue weighted by Gasteiger charge is 2.34. The van der Waals surface area contributed by atoms with E-state index in [1.807, 2.05) is 0 Å². The minimum absolute atomic E-state index is 0.0182. The lowest BCUT2D eigenvalue weighted by Gasteiger charge is -2.18. The van der Waals surface area contributed by atoms with E-state index < -0.39 is 26.3 Å². The predicted molar refractivity (Wildman–Crippen MR) is 65.4 cm³/mol. The van der Waals surface area contributed by atoms with Crippen molar-refractivity contribution in [3.63, 3.8) is 0 Å². The molecule has 0 aromatic heterocycles. The molecule has 7 nitrogen and oxygen atoms in total. The first-order chi connectivity index (χ1) is 8.93. The summed E-state index contributed by atoms with van der Waals surface area (Å²) in [5.74, 6) is 0. The first-order valence-corrected chi connectivity index (χ1v) is 7.19. The maximum atomic E-state index is 12.3. The van der Waals surface area contributed by atoms with Crippen LogP contribution >= 0.6 is 0 Å². The molecule has 1 aliphatic rings. The number of nitro groups is 1. The SMILES string of the molecule is CC(C1OCCO1)S(=O)(=O)c1ccc([N+](=O)[O-])cc1. The van der Waals surface area contributed by atoms with E-state index in [9.17, 15) is 18.5 Å². The largest absolute Gasteiger partial charge is 0.349 e. The molecule has 0 radical (unpaired) electrons. The van der Waals surface area contributed by atoms with Crippen LogP contribution in [0.1, 0.15) is 6.92 Å². The van der Waals surface area contributed by atoms with E-state index in [0.717, 1.165) is 12.1 Å². The fourth-order valence-electron chi connectivity index (χ4n) is 1.77. The van der Waals surface area contributed by atoms with Crippen LogP contribution in [0.3, 0.4) is 0 Å². The summed E-state index contributed by atoms with van der Waals surface area (Å²) in [6.07, 6.45) is -0.791. The number of hydrogen-bond acceptors (Lipinski definition) is 6. The van der Waals surface area contributed by atoms with Gasteiger partial charge in [0.25, 0.3) is 5.69 Å². The maximum absolute atomic E-state index is 12.3. The van der Waals surface area contributed by atoms with Crippen LogP contribution in [0.25, 0.3) is 0 Å². The molecular formula is C11H13NO6S. The van der Waals surface area contributed by atoms with E-state index in [4.69, 9.17) is 9.47 Å². The highest BCUT2D eigenvalue weighted by molar-refractivity contribution is 7.92. The molecule has 0 aliphatic carbocycles. The van der Waals surface area contributed by atoms with Crippen LogP contribution in [0, 0.1) is 10.1 Å². The van der Waals surface area contributed by atoms with Gasteiger partial charge >= 0.3 is 0 Å². The summed E-state index contributed by atoms with van der Waals surface area (Å²) < 4.78 is 34.9. The smallest absolute Gasteiger partial charge is 0.269 e. The predicted octanol–water partition coefficient (Wildman–Crippen LogP) is 1.13. The lowest BCUT2D eigenvalue weighted by Crippen LogP contribution is -2.32. The molecule has 0 spiro atoms. The summed E-state index contributed by atoms with van der Waals surface area (Å²) in [7, 11) is -3.64. The van der Waals surface area contributed by atoms with Crippen molar-refractivity contribution >= 4 is 15.5 Å². The summed E-state index contributed by atoms with van der Waals surface area (Å²) in [4.78, 5) is 9.96. The molecule has 1 aromatic rings. The van der Waals surface area contributed by atoms with Crippen molar-refractivity contribution in [3.05, 3.63) is 34.4 Å². The maximum Gasteiger partial charge on any atom is 0.269 e. The van der Waals surface area contributed by atoms with Crippen LogP contribution in [0.2, 0.25) is 0 Å². The van der Waals surface area contributed by atoms with Crippen molar-refractivity contribution in [2.45, 2.75) is 23.4 Å². The molecule has 1 atom stereocenters. The second-order valence-corrected chi connectivity index (χ2v) is 6.42. The average Bonchev–Trinajstić information content (AvgIpc) is 2.91. The number of rotatable bonds is 4. The van der Waals surface area contributed by atoms with Crippen LogP contribution < -0.4 is 0 Å². The number of nitrogens with zero attached hydrogens (tertiary/aromatic N) is 1.